The maximum Gasteiger partial charge on any atom is 0.175 e. The molecule has 3 rings (SSSR count). The van der Waals surface area contributed by atoms with E-state index in [1.807, 2.05) is 19.2 Å². The molecule has 1 aliphatic carbocycles. The number of benzene rings is 1. The lowest BCUT2D eigenvalue weighted by Gasteiger charge is -2.19. The molecule has 1 unspecified atom stereocenters. The first-order valence-electron chi connectivity index (χ1n) is 8.32. The Balaban J connectivity index is 2.05. The van der Waals surface area contributed by atoms with Crippen LogP contribution in [0.3, 0.4) is 0 Å². The average molecular weight is 334 g/mol. The van der Waals surface area contributed by atoms with E-state index in [1.165, 1.54) is 43.2 Å². The van der Waals surface area contributed by atoms with Gasteiger partial charge in [0, 0.05) is 35.9 Å². The van der Waals surface area contributed by atoms with E-state index in [0.717, 1.165) is 17.3 Å². The van der Waals surface area contributed by atoms with Crippen molar-refractivity contribution < 1.29 is 8.42 Å². The highest BCUT2D eigenvalue weighted by atomic mass is 32.2. The Kier molecular flexibility index (Phi) is 4.27. The molecule has 1 fully saturated rings. The van der Waals surface area contributed by atoms with Crippen molar-refractivity contribution in [3.8, 4) is 0 Å². The summed E-state index contributed by atoms with van der Waals surface area (Å²) in [5.41, 5.74) is 9.93. The molecular formula is C18H26N2O2S. The van der Waals surface area contributed by atoms with Crippen LogP contribution in [0.15, 0.2) is 23.1 Å². The second kappa shape index (κ2) is 5.95. The third kappa shape index (κ3) is 3.04. The Morgan fingerprint density at radius 1 is 1.30 bits per heavy atom. The molecule has 2 N–H and O–H groups in total. The Labute approximate surface area is 138 Å². The monoisotopic (exact) mass is 334 g/mol. The van der Waals surface area contributed by atoms with Crippen LogP contribution in [0.4, 0.5) is 0 Å². The van der Waals surface area contributed by atoms with Crippen molar-refractivity contribution in [2.24, 2.45) is 18.7 Å². The van der Waals surface area contributed by atoms with E-state index < -0.39 is 9.84 Å². The van der Waals surface area contributed by atoms with Crippen LogP contribution in [-0.4, -0.2) is 25.3 Å². The Hall–Kier alpha value is -1.33. The second-order valence-electron chi connectivity index (χ2n) is 6.99. The average Bonchev–Trinajstić information content (AvgIpc) is 3.10. The minimum absolute atomic E-state index is 0.156. The maximum absolute atomic E-state index is 11.9. The van der Waals surface area contributed by atoms with Crippen LogP contribution in [0.5, 0.6) is 0 Å². The molecule has 1 aromatic heterocycles. The SMILES string of the molecule is Cc1c(CC(N)C2CCCC2)c2cc(S(C)(=O)=O)ccc2n1C. The molecule has 1 aromatic carbocycles. The minimum Gasteiger partial charge on any atom is -0.348 e. The normalized spacial score (nSPS) is 17.9. The summed E-state index contributed by atoms with van der Waals surface area (Å²) in [6, 6.07) is 5.57. The minimum atomic E-state index is -3.20. The zero-order chi connectivity index (χ0) is 16.8. The van der Waals surface area contributed by atoms with Crippen LogP contribution in [-0.2, 0) is 23.3 Å². The predicted octanol–water partition coefficient (Wildman–Crippen LogP) is 2.95. The van der Waals surface area contributed by atoms with Gasteiger partial charge in [0.25, 0.3) is 0 Å². The van der Waals surface area contributed by atoms with Gasteiger partial charge in [-0.3, -0.25) is 0 Å². The number of sulfone groups is 1. The summed E-state index contributed by atoms with van der Waals surface area (Å²) in [4.78, 5) is 0.381. The van der Waals surface area contributed by atoms with Gasteiger partial charge in [-0.2, -0.15) is 0 Å². The van der Waals surface area contributed by atoms with Crippen LogP contribution in [0.25, 0.3) is 10.9 Å². The van der Waals surface area contributed by atoms with Crippen molar-refractivity contribution in [1.29, 1.82) is 0 Å². The number of nitrogens with zero attached hydrogens (tertiary/aromatic N) is 1. The van der Waals surface area contributed by atoms with Crippen LogP contribution < -0.4 is 5.73 Å². The fourth-order valence-corrected chi connectivity index (χ4v) is 4.55. The number of rotatable bonds is 4. The van der Waals surface area contributed by atoms with Gasteiger partial charge in [-0.05, 0) is 55.9 Å². The molecule has 1 aliphatic rings. The van der Waals surface area contributed by atoms with E-state index in [4.69, 9.17) is 5.73 Å². The molecule has 1 heterocycles. The molecule has 0 saturated heterocycles. The zero-order valence-corrected chi connectivity index (χ0v) is 15.0. The number of aryl methyl sites for hydroxylation is 1. The molecule has 0 radical (unpaired) electrons. The van der Waals surface area contributed by atoms with E-state index in [1.54, 1.807) is 6.07 Å². The lowest BCUT2D eigenvalue weighted by Crippen LogP contribution is -2.30. The summed E-state index contributed by atoms with van der Waals surface area (Å²) >= 11 is 0. The van der Waals surface area contributed by atoms with Crippen LogP contribution in [0.1, 0.15) is 36.9 Å². The fraction of sp³-hybridized carbons (Fsp3) is 0.556. The van der Waals surface area contributed by atoms with Gasteiger partial charge >= 0.3 is 0 Å². The summed E-state index contributed by atoms with van der Waals surface area (Å²) in [5, 5.41) is 1.03. The number of hydrogen-bond donors (Lipinski definition) is 1. The molecule has 23 heavy (non-hydrogen) atoms. The highest BCUT2D eigenvalue weighted by molar-refractivity contribution is 7.90. The molecule has 1 atom stereocenters. The molecule has 5 heteroatoms. The summed E-state index contributed by atoms with van der Waals surface area (Å²) in [6.45, 7) is 2.09. The first-order valence-corrected chi connectivity index (χ1v) is 10.2. The third-order valence-electron chi connectivity index (χ3n) is 5.47. The number of aromatic nitrogens is 1. The van der Waals surface area contributed by atoms with Crippen molar-refractivity contribution in [2.45, 2.75) is 50.0 Å². The number of fused-ring (bicyclic) bond motifs is 1. The molecule has 126 valence electrons. The van der Waals surface area contributed by atoms with Gasteiger partial charge in [-0.25, -0.2) is 8.42 Å². The summed E-state index contributed by atoms with van der Waals surface area (Å²) < 4.78 is 25.9. The number of nitrogens with two attached hydrogens (primary N) is 1. The molecule has 2 aromatic rings. The Morgan fingerprint density at radius 3 is 2.57 bits per heavy atom. The van der Waals surface area contributed by atoms with Crippen molar-refractivity contribution in [1.82, 2.24) is 4.57 Å². The van der Waals surface area contributed by atoms with E-state index in [9.17, 15) is 8.42 Å². The maximum atomic E-state index is 11.9. The summed E-state index contributed by atoms with van der Waals surface area (Å²) in [5.74, 6) is 0.600. The van der Waals surface area contributed by atoms with Gasteiger partial charge in [0.1, 0.15) is 0 Å². The molecular weight excluding hydrogens is 308 g/mol. The number of hydrogen-bond acceptors (Lipinski definition) is 3. The third-order valence-corrected chi connectivity index (χ3v) is 6.58. The van der Waals surface area contributed by atoms with Crippen molar-refractivity contribution in [3.05, 3.63) is 29.5 Å². The zero-order valence-electron chi connectivity index (χ0n) is 14.2. The molecule has 0 bridgehead atoms. The first-order chi connectivity index (χ1) is 10.8. The van der Waals surface area contributed by atoms with Gasteiger partial charge in [0.2, 0.25) is 0 Å². The van der Waals surface area contributed by atoms with E-state index in [0.29, 0.717) is 10.8 Å². The second-order valence-corrected chi connectivity index (χ2v) is 9.00. The van der Waals surface area contributed by atoms with Crippen molar-refractivity contribution in [3.63, 3.8) is 0 Å². The topological polar surface area (TPSA) is 65.1 Å². The fourth-order valence-electron chi connectivity index (χ4n) is 3.90. The van der Waals surface area contributed by atoms with Crippen LogP contribution in [0.2, 0.25) is 0 Å². The van der Waals surface area contributed by atoms with Gasteiger partial charge < -0.3 is 10.3 Å². The van der Waals surface area contributed by atoms with E-state index in [-0.39, 0.29) is 6.04 Å². The van der Waals surface area contributed by atoms with Crippen molar-refractivity contribution in [2.75, 3.05) is 6.26 Å². The largest absolute Gasteiger partial charge is 0.348 e. The van der Waals surface area contributed by atoms with Crippen LogP contribution >= 0.6 is 0 Å². The van der Waals surface area contributed by atoms with Gasteiger partial charge in [-0.15, -0.1) is 0 Å². The summed E-state index contributed by atoms with van der Waals surface area (Å²) in [6.07, 6.45) is 7.09. The highest BCUT2D eigenvalue weighted by Gasteiger charge is 2.24. The highest BCUT2D eigenvalue weighted by Crippen LogP contribution is 2.32. The smallest absolute Gasteiger partial charge is 0.175 e. The molecule has 0 spiro atoms. The van der Waals surface area contributed by atoms with Crippen LogP contribution in [0, 0.1) is 12.8 Å². The lowest BCUT2D eigenvalue weighted by atomic mass is 9.92. The Bertz CT molecular complexity index is 830. The molecule has 0 aliphatic heterocycles. The molecule has 4 nitrogen and oxygen atoms in total. The Morgan fingerprint density at radius 2 is 1.96 bits per heavy atom. The quantitative estimate of drug-likeness (QED) is 0.935. The van der Waals surface area contributed by atoms with Crippen molar-refractivity contribution >= 4 is 20.7 Å². The lowest BCUT2D eigenvalue weighted by molar-refractivity contribution is 0.429. The molecule has 1 saturated carbocycles. The summed E-state index contributed by atoms with van der Waals surface area (Å²) in [7, 11) is -1.17. The standard InChI is InChI=1S/C18H26N2O2S/c1-12-15(11-17(19)13-6-4-5-7-13)16-10-14(23(3,21)22)8-9-18(16)20(12)2/h8-10,13,17H,4-7,11,19H2,1-3H3. The predicted molar refractivity (Wildman–Crippen MR) is 94.4 cm³/mol. The van der Waals surface area contributed by atoms with E-state index >= 15 is 0 Å². The first kappa shape index (κ1) is 16.5. The van der Waals surface area contributed by atoms with E-state index in [2.05, 4.69) is 11.5 Å². The molecule has 0 amide bonds. The van der Waals surface area contributed by atoms with Gasteiger partial charge in [0.05, 0.1) is 4.90 Å². The van der Waals surface area contributed by atoms with Gasteiger partial charge in [-0.1, -0.05) is 12.8 Å². The van der Waals surface area contributed by atoms with Gasteiger partial charge in [0.15, 0.2) is 9.84 Å².